The van der Waals surface area contributed by atoms with Gasteiger partial charge in [0.1, 0.15) is 16.0 Å². The molecule has 1 saturated heterocycles. The molecule has 2 aromatic heterocycles. The molecule has 1 aliphatic rings. The predicted molar refractivity (Wildman–Crippen MR) is 105 cm³/mol. The molecular formula is C17H18ClFN4O2S. The smallest absolute Gasteiger partial charge is 0.271 e. The molecule has 0 spiro atoms. The average Bonchev–Trinajstić information content (AvgIpc) is 2.98. The maximum Gasteiger partial charge on any atom is 0.271 e. The Morgan fingerprint density at radius 1 is 1.42 bits per heavy atom. The number of rotatable bonds is 2. The molecule has 26 heavy (non-hydrogen) atoms. The molecule has 0 bridgehead atoms. The summed E-state index contributed by atoms with van der Waals surface area (Å²) in [6, 6.07) is 1.43. The molecule has 1 unspecified atom stereocenters. The minimum Gasteiger partial charge on any atom is -0.365 e. The summed E-state index contributed by atoms with van der Waals surface area (Å²) in [4.78, 5) is 27.3. The number of hydrogen-bond donors (Lipinski definition) is 2. The van der Waals surface area contributed by atoms with Crippen LogP contribution in [0.3, 0.4) is 0 Å². The van der Waals surface area contributed by atoms with Crippen molar-refractivity contribution in [2.24, 2.45) is 0 Å². The van der Waals surface area contributed by atoms with Gasteiger partial charge in [0.2, 0.25) is 5.43 Å². The Morgan fingerprint density at radius 3 is 2.88 bits per heavy atom. The first-order valence-electron chi connectivity index (χ1n) is 8.48. The zero-order valence-electron chi connectivity index (χ0n) is 14.4. The fraction of sp³-hybridized carbons (Fsp3) is 0.412. The lowest BCUT2D eigenvalue weighted by Crippen LogP contribution is -2.49. The summed E-state index contributed by atoms with van der Waals surface area (Å²) in [6.07, 6.45) is 0. The highest BCUT2D eigenvalue weighted by atomic mass is 35.5. The van der Waals surface area contributed by atoms with Crippen LogP contribution in [0.1, 0.15) is 13.8 Å². The number of H-pyrrole nitrogens is 1. The lowest BCUT2D eigenvalue weighted by molar-refractivity contribution is 0.479. The van der Waals surface area contributed by atoms with E-state index >= 15 is 0 Å². The number of fused-ring (bicyclic) bond motifs is 2. The fourth-order valence-corrected chi connectivity index (χ4v) is 5.01. The van der Waals surface area contributed by atoms with Gasteiger partial charge in [-0.1, -0.05) is 11.6 Å². The monoisotopic (exact) mass is 396 g/mol. The summed E-state index contributed by atoms with van der Waals surface area (Å²) < 4.78 is 19.4. The highest BCUT2D eigenvalue weighted by molar-refractivity contribution is 7.12. The summed E-state index contributed by atoms with van der Waals surface area (Å²) in [5, 5.41) is 3.73. The van der Waals surface area contributed by atoms with Crippen LogP contribution in [0.2, 0.25) is 5.02 Å². The molecule has 1 atom stereocenters. The summed E-state index contributed by atoms with van der Waals surface area (Å²) in [5.41, 5.74) is -0.139. The first-order valence-corrected chi connectivity index (χ1v) is 9.67. The minimum absolute atomic E-state index is 0.0587. The van der Waals surface area contributed by atoms with Crippen molar-refractivity contribution >= 4 is 49.9 Å². The quantitative estimate of drug-likeness (QED) is 0.698. The van der Waals surface area contributed by atoms with Crippen molar-refractivity contribution in [3.8, 4) is 0 Å². The van der Waals surface area contributed by atoms with Crippen LogP contribution < -0.4 is 21.2 Å². The van der Waals surface area contributed by atoms with E-state index in [1.54, 1.807) is 0 Å². The number of nitrogens with zero attached hydrogens (tertiary/aromatic N) is 2. The SMILES string of the molecule is CCn1c2s[nH]c(=O)c2c(=O)c2cc(F)c(N3CCNC(C)C3)c(Cl)c21. The third-order valence-corrected chi connectivity index (χ3v) is 6.10. The molecule has 3 aromatic rings. The van der Waals surface area contributed by atoms with Crippen LogP contribution in [0.5, 0.6) is 0 Å². The van der Waals surface area contributed by atoms with Gasteiger partial charge in [0.25, 0.3) is 5.56 Å². The largest absolute Gasteiger partial charge is 0.365 e. The number of anilines is 1. The van der Waals surface area contributed by atoms with Crippen LogP contribution in [0.25, 0.3) is 21.1 Å². The molecule has 4 rings (SSSR count). The molecule has 1 aliphatic heterocycles. The van der Waals surface area contributed by atoms with E-state index in [4.69, 9.17) is 11.6 Å². The number of halogens is 2. The molecule has 1 fully saturated rings. The third kappa shape index (κ3) is 2.47. The molecule has 3 heterocycles. The standard InChI is InChI=1S/C17H18ClFN4O2S/c1-3-23-13-9(15(24)11-16(25)21-26-17(11)23)6-10(19)14(12(13)18)22-5-4-20-8(2)7-22/h6,8,20H,3-5,7H2,1-2H3,(H,21,25). The number of aryl methyl sites for hydroxylation is 1. The number of benzene rings is 1. The van der Waals surface area contributed by atoms with Gasteiger partial charge in [-0.05, 0) is 31.4 Å². The van der Waals surface area contributed by atoms with Crippen LogP contribution in [-0.4, -0.2) is 34.6 Å². The Labute approximate surface area is 157 Å². The first-order chi connectivity index (χ1) is 12.4. The van der Waals surface area contributed by atoms with Crippen molar-refractivity contribution in [3.05, 3.63) is 37.5 Å². The van der Waals surface area contributed by atoms with E-state index in [9.17, 15) is 14.0 Å². The fourth-order valence-electron chi connectivity index (χ4n) is 3.68. The number of hydrogen-bond acceptors (Lipinski definition) is 5. The third-order valence-electron chi connectivity index (χ3n) is 4.84. The molecule has 138 valence electrons. The summed E-state index contributed by atoms with van der Waals surface area (Å²) >= 11 is 7.74. The van der Waals surface area contributed by atoms with E-state index in [0.717, 1.165) is 18.1 Å². The highest BCUT2D eigenvalue weighted by Crippen LogP contribution is 2.37. The van der Waals surface area contributed by atoms with Gasteiger partial charge in [-0.25, -0.2) is 4.39 Å². The summed E-state index contributed by atoms with van der Waals surface area (Å²) in [7, 11) is 0. The molecule has 0 aliphatic carbocycles. The Kier molecular flexibility index (Phi) is 4.29. The van der Waals surface area contributed by atoms with Crippen LogP contribution >= 0.6 is 23.1 Å². The zero-order valence-corrected chi connectivity index (χ0v) is 15.9. The molecule has 9 heteroatoms. The van der Waals surface area contributed by atoms with E-state index in [2.05, 4.69) is 9.69 Å². The summed E-state index contributed by atoms with van der Waals surface area (Å²) in [5.74, 6) is -0.539. The van der Waals surface area contributed by atoms with Gasteiger partial charge in [0.05, 0.1) is 21.6 Å². The topological polar surface area (TPSA) is 70.1 Å². The van der Waals surface area contributed by atoms with Crippen LogP contribution in [0.4, 0.5) is 10.1 Å². The number of aromatic nitrogens is 2. The maximum atomic E-state index is 15.0. The van der Waals surface area contributed by atoms with Crippen molar-refractivity contribution in [3.63, 3.8) is 0 Å². The second kappa shape index (κ2) is 6.37. The molecule has 0 saturated carbocycles. The van der Waals surface area contributed by atoms with E-state index < -0.39 is 16.8 Å². The minimum atomic E-state index is -0.539. The van der Waals surface area contributed by atoms with E-state index in [1.165, 1.54) is 6.07 Å². The Bertz CT molecular complexity index is 1140. The van der Waals surface area contributed by atoms with Gasteiger partial charge < -0.3 is 14.8 Å². The first kappa shape index (κ1) is 17.5. The summed E-state index contributed by atoms with van der Waals surface area (Å²) in [6.45, 7) is 6.42. The van der Waals surface area contributed by atoms with E-state index in [1.807, 2.05) is 23.3 Å². The second-order valence-electron chi connectivity index (χ2n) is 6.51. The normalized spacial score (nSPS) is 18.2. The van der Waals surface area contributed by atoms with Crippen molar-refractivity contribution in [2.45, 2.75) is 26.4 Å². The molecule has 2 N–H and O–H groups in total. The van der Waals surface area contributed by atoms with E-state index in [0.29, 0.717) is 35.7 Å². The maximum absolute atomic E-state index is 15.0. The van der Waals surface area contributed by atoms with Crippen molar-refractivity contribution in [1.82, 2.24) is 14.3 Å². The highest BCUT2D eigenvalue weighted by Gasteiger charge is 2.26. The van der Waals surface area contributed by atoms with Gasteiger partial charge >= 0.3 is 0 Å². The molecule has 1 aromatic carbocycles. The van der Waals surface area contributed by atoms with Crippen LogP contribution in [-0.2, 0) is 6.54 Å². The Balaban J connectivity index is 2.10. The molecule has 0 amide bonds. The number of pyridine rings is 1. The van der Waals surface area contributed by atoms with Gasteiger partial charge in [-0.3, -0.25) is 14.0 Å². The second-order valence-corrected chi connectivity index (χ2v) is 7.68. The van der Waals surface area contributed by atoms with Gasteiger partial charge in [0.15, 0.2) is 0 Å². The molecule has 0 radical (unpaired) electrons. The Morgan fingerprint density at radius 2 is 2.19 bits per heavy atom. The number of aromatic amines is 1. The van der Waals surface area contributed by atoms with Gasteiger partial charge in [0, 0.05) is 32.2 Å². The molecular weight excluding hydrogens is 379 g/mol. The van der Waals surface area contributed by atoms with Crippen molar-refractivity contribution < 1.29 is 4.39 Å². The van der Waals surface area contributed by atoms with Crippen LogP contribution in [0, 0.1) is 5.82 Å². The van der Waals surface area contributed by atoms with Crippen molar-refractivity contribution in [2.75, 3.05) is 24.5 Å². The number of nitrogens with one attached hydrogen (secondary N) is 2. The predicted octanol–water partition coefficient (Wildman–Crippen LogP) is 2.52. The molecule has 6 nitrogen and oxygen atoms in total. The van der Waals surface area contributed by atoms with Gasteiger partial charge in [-0.2, -0.15) is 0 Å². The lowest BCUT2D eigenvalue weighted by atomic mass is 10.1. The van der Waals surface area contributed by atoms with Crippen LogP contribution in [0.15, 0.2) is 15.7 Å². The number of piperazine rings is 1. The van der Waals surface area contributed by atoms with Gasteiger partial charge in [-0.15, -0.1) is 0 Å². The average molecular weight is 397 g/mol. The lowest BCUT2D eigenvalue weighted by Gasteiger charge is -2.34. The van der Waals surface area contributed by atoms with E-state index in [-0.39, 0.29) is 21.8 Å². The zero-order chi connectivity index (χ0) is 18.6. The Hall–Kier alpha value is -1.90. The van der Waals surface area contributed by atoms with Crippen molar-refractivity contribution in [1.29, 1.82) is 0 Å².